The van der Waals surface area contributed by atoms with Crippen molar-refractivity contribution in [2.24, 2.45) is 5.73 Å². The van der Waals surface area contributed by atoms with Gasteiger partial charge < -0.3 is 5.73 Å². The second-order valence-corrected chi connectivity index (χ2v) is 4.66. The summed E-state index contributed by atoms with van der Waals surface area (Å²) in [6, 6.07) is 5.89. The number of nitrogens with two attached hydrogens (primary N) is 1. The fourth-order valence-electron chi connectivity index (χ4n) is 1.69. The minimum absolute atomic E-state index is 0.272. The zero-order valence-electron chi connectivity index (χ0n) is 11.1. The van der Waals surface area contributed by atoms with Crippen molar-refractivity contribution < 1.29 is 4.79 Å². The first-order valence-electron chi connectivity index (χ1n) is 6.08. The van der Waals surface area contributed by atoms with Crippen LogP contribution in [0.25, 0.3) is 0 Å². The molecule has 1 aromatic carbocycles. The zero-order chi connectivity index (χ0) is 13.0. The van der Waals surface area contributed by atoms with Crippen LogP contribution in [0.5, 0.6) is 0 Å². The van der Waals surface area contributed by atoms with E-state index in [1.165, 1.54) is 11.1 Å². The van der Waals surface area contributed by atoms with Gasteiger partial charge in [-0.25, -0.2) is 0 Å². The van der Waals surface area contributed by atoms with E-state index in [2.05, 4.69) is 26.1 Å². The summed E-state index contributed by atoms with van der Waals surface area (Å²) in [6.45, 7) is 8.23. The molecule has 3 nitrogen and oxygen atoms in total. The quantitative estimate of drug-likeness (QED) is 0.820. The number of amides is 1. The SMILES string of the molecule is CCC(C)NC(C(N)=O)c1ccc(C)c(C)c1. The number of aryl methyl sites for hydroxylation is 2. The topological polar surface area (TPSA) is 55.1 Å². The maximum absolute atomic E-state index is 11.5. The highest BCUT2D eigenvalue weighted by atomic mass is 16.1. The first-order valence-corrected chi connectivity index (χ1v) is 6.08. The molecule has 1 rings (SSSR count). The van der Waals surface area contributed by atoms with E-state index in [1.54, 1.807) is 0 Å². The maximum atomic E-state index is 11.5. The van der Waals surface area contributed by atoms with Gasteiger partial charge in [-0.05, 0) is 43.9 Å². The number of carbonyl (C=O) groups is 1. The third kappa shape index (κ3) is 3.56. The van der Waals surface area contributed by atoms with Gasteiger partial charge in [-0.1, -0.05) is 25.1 Å². The largest absolute Gasteiger partial charge is 0.368 e. The molecule has 2 atom stereocenters. The molecular weight excluding hydrogens is 212 g/mol. The maximum Gasteiger partial charge on any atom is 0.239 e. The summed E-state index contributed by atoms with van der Waals surface area (Å²) in [4.78, 5) is 11.5. The molecule has 2 unspecified atom stereocenters. The summed E-state index contributed by atoms with van der Waals surface area (Å²) < 4.78 is 0. The number of hydrogen-bond donors (Lipinski definition) is 2. The summed E-state index contributed by atoms with van der Waals surface area (Å²) in [7, 11) is 0. The van der Waals surface area contributed by atoms with Gasteiger partial charge in [0.15, 0.2) is 0 Å². The Bertz CT molecular complexity index is 401. The lowest BCUT2D eigenvalue weighted by Gasteiger charge is -2.21. The van der Waals surface area contributed by atoms with Crippen LogP contribution in [-0.4, -0.2) is 11.9 Å². The van der Waals surface area contributed by atoms with Gasteiger partial charge in [0.25, 0.3) is 0 Å². The lowest BCUT2D eigenvalue weighted by Crippen LogP contribution is -2.38. The highest BCUT2D eigenvalue weighted by molar-refractivity contribution is 5.81. The number of carbonyl (C=O) groups excluding carboxylic acids is 1. The molecule has 0 heterocycles. The first-order chi connectivity index (χ1) is 7.95. The lowest BCUT2D eigenvalue weighted by molar-refractivity contribution is -0.120. The van der Waals surface area contributed by atoms with Gasteiger partial charge in [0, 0.05) is 6.04 Å². The minimum atomic E-state index is -0.399. The van der Waals surface area contributed by atoms with Gasteiger partial charge in [0.1, 0.15) is 6.04 Å². The van der Waals surface area contributed by atoms with E-state index in [1.807, 2.05) is 25.1 Å². The minimum Gasteiger partial charge on any atom is -0.368 e. The fourth-order valence-corrected chi connectivity index (χ4v) is 1.69. The number of hydrogen-bond acceptors (Lipinski definition) is 2. The van der Waals surface area contributed by atoms with E-state index < -0.39 is 6.04 Å². The zero-order valence-corrected chi connectivity index (χ0v) is 11.1. The molecular formula is C14H22N2O. The van der Waals surface area contributed by atoms with Crippen LogP contribution < -0.4 is 11.1 Å². The van der Waals surface area contributed by atoms with E-state index in [-0.39, 0.29) is 11.9 Å². The van der Waals surface area contributed by atoms with Crippen molar-refractivity contribution in [1.29, 1.82) is 0 Å². The molecule has 0 saturated heterocycles. The van der Waals surface area contributed by atoms with Crippen molar-refractivity contribution in [1.82, 2.24) is 5.32 Å². The number of rotatable bonds is 5. The molecule has 0 aromatic heterocycles. The number of primary amides is 1. The second kappa shape index (κ2) is 5.82. The van der Waals surface area contributed by atoms with Crippen LogP contribution in [0, 0.1) is 13.8 Å². The van der Waals surface area contributed by atoms with Gasteiger partial charge in [-0.3, -0.25) is 10.1 Å². The molecule has 0 saturated carbocycles. The average Bonchev–Trinajstić information content (AvgIpc) is 2.29. The molecule has 1 aromatic rings. The van der Waals surface area contributed by atoms with Crippen LogP contribution in [0.4, 0.5) is 0 Å². The van der Waals surface area contributed by atoms with Crippen molar-refractivity contribution in [3.05, 3.63) is 34.9 Å². The second-order valence-electron chi connectivity index (χ2n) is 4.66. The molecule has 0 aliphatic carbocycles. The Kier molecular flexibility index (Phi) is 4.70. The van der Waals surface area contributed by atoms with E-state index in [0.29, 0.717) is 0 Å². The molecule has 17 heavy (non-hydrogen) atoms. The predicted molar refractivity (Wildman–Crippen MR) is 70.7 cm³/mol. The van der Waals surface area contributed by atoms with Crippen LogP contribution in [-0.2, 0) is 4.79 Å². The normalized spacial score (nSPS) is 14.4. The van der Waals surface area contributed by atoms with Crippen LogP contribution in [0.2, 0.25) is 0 Å². The molecule has 3 heteroatoms. The Balaban J connectivity index is 2.97. The van der Waals surface area contributed by atoms with E-state index in [4.69, 9.17) is 5.73 Å². The van der Waals surface area contributed by atoms with Crippen LogP contribution in [0.15, 0.2) is 18.2 Å². The molecule has 0 spiro atoms. The Morgan fingerprint density at radius 1 is 1.35 bits per heavy atom. The van der Waals surface area contributed by atoms with Crippen molar-refractivity contribution in [2.75, 3.05) is 0 Å². The molecule has 3 N–H and O–H groups in total. The molecule has 0 fully saturated rings. The van der Waals surface area contributed by atoms with Crippen molar-refractivity contribution in [3.63, 3.8) is 0 Å². The summed E-state index contributed by atoms with van der Waals surface area (Å²) in [5.41, 5.74) is 8.81. The summed E-state index contributed by atoms with van der Waals surface area (Å²) >= 11 is 0. The summed E-state index contributed by atoms with van der Waals surface area (Å²) in [5, 5.41) is 3.25. The number of benzene rings is 1. The van der Waals surface area contributed by atoms with Gasteiger partial charge in [-0.15, -0.1) is 0 Å². The summed E-state index contributed by atoms with van der Waals surface area (Å²) in [5.74, 6) is -0.325. The highest BCUT2D eigenvalue weighted by Crippen LogP contribution is 2.18. The number of nitrogens with one attached hydrogen (secondary N) is 1. The lowest BCUT2D eigenvalue weighted by atomic mass is 10.00. The molecule has 0 radical (unpaired) electrons. The Morgan fingerprint density at radius 2 is 2.00 bits per heavy atom. The molecule has 0 aliphatic rings. The van der Waals surface area contributed by atoms with E-state index >= 15 is 0 Å². The Hall–Kier alpha value is -1.35. The van der Waals surface area contributed by atoms with Crippen LogP contribution in [0.1, 0.15) is 43.0 Å². The van der Waals surface area contributed by atoms with Gasteiger partial charge >= 0.3 is 0 Å². The van der Waals surface area contributed by atoms with Crippen LogP contribution >= 0.6 is 0 Å². The van der Waals surface area contributed by atoms with Gasteiger partial charge in [0.2, 0.25) is 5.91 Å². The molecule has 0 bridgehead atoms. The van der Waals surface area contributed by atoms with E-state index in [9.17, 15) is 4.79 Å². The molecule has 1 amide bonds. The standard InChI is InChI=1S/C14H22N2O/c1-5-11(4)16-13(14(15)17)12-7-6-9(2)10(3)8-12/h6-8,11,13,16H,5H2,1-4H3,(H2,15,17). The van der Waals surface area contributed by atoms with Crippen molar-refractivity contribution in [3.8, 4) is 0 Å². The Labute approximate surface area is 103 Å². The summed E-state index contributed by atoms with van der Waals surface area (Å²) in [6.07, 6.45) is 0.967. The van der Waals surface area contributed by atoms with Gasteiger partial charge in [-0.2, -0.15) is 0 Å². The molecule has 94 valence electrons. The third-order valence-corrected chi connectivity index (χ3v) is 3.21. The van der Waals surface area contributed by atoms with Crippen LogP contribution in [0.3, 0.4) is 0 Å². The fraction of sp³-hybridized carbons (Fsp3) is 0.500. The highest BCUT2D eigenvalue weighted by Gasteiger charge is 2.19. The van der Waals surface area contributed by atoms with Gasteiger partial charge in [0.05, 0.1) is 0 Å². The molecule has 0 aliphatic heterocycles. The first kappa shape index (κ1) is 13.7. The van der Waals surface area contributed by atoms with E-state index in [0.717, 1.165) is 12.0 Å². The average molecular weight is 234 g/mol. The van der Waals surface area contributed by atoms with Crippen molar-refractivity contribution >= 4 is 5.91 Å². The van der Waals surface area contributed by atoms with Crippen molar-refractivity contribution in [2.45, 2.75) is 46.2 Å². The predicted octanol–water partition coefficient (Wildman–Crippen LogP) is 2.22. The monoisotopic (exact) mass is 234 g/mol. The smallest absolute Gasteiger partial charge is 0.239 e. The Morgan fingerprint density at radius 3 is 2.47 bits per heavy atom. The third-order valence-electron chi connectivity index (χ3n) is 3.21.